The number of aryl methyl sites for hydroxylation is 2. The average molecular weight is 923 g/mol. The van der Waals surface area contributed by atoms with Crippen LogP contribution < -0.4 is 9.80 Å². The van der Waals surface area contributed by atoms with Crippen LogP contribution in [0.4, 0.5) is 34.1 Å². The van der Waals surface area contributed by atoms with E-state index < -0.39 is 0 Å². The molecule has 0 amide bonds. The zero-order valence-corrected chi connectivity index (χ0v) is 41.4. The van der Waals surface area contributed by atoms with Crippen molar-refractivity contribution in [1.29, 1.82) is 0 Å². The Morgan fingerprint density at radius 3 is 1.13 bits per heavy atom. The van der Waals surface area contributed by atoms with Gasteiger partial charge >= 0.3 is 0 Å². The van der Waals surface area contributed by atoms with E-state index >= 15 is 0 Å². The van der Waals surface area contributed by atoms with Crippen molar-refractivity contribution >= 4 is 121 Å². The lowest BCUT2D eigenvalue weighted by Gasteiger charge is -2.27. The van der Waals surface area contributed by atoms with E-state index in [-0.39, 0.29) is 10.8 Å². The Morgan fingerprint density at radius 1 is 0.310 bits per heavy atom. The van der Waals surface area contributed by atoms with E-state index in [2.05, 4.69) is 247 Å². The smallest absolute Gasteiger partial charge is 0.159 e. The molecule has 5 nitrogen and oxygen atoms in total. The van der Waals surface area contributed by atoms with E-state index in [4.69, 9.17) is 13.3 Å². The maximum Gasteiger partial charge on any atom is 0.159 e. The molecule has 3 heterocycles. The number of anilines is 6. The highest BCUT2D eigenvalue weighted by Crippen LogP contribution is 2.49. The molecule has 0 bridgehead atoms. The van der Waals surface area contributed by atoms with E-state index in [0.29, 0.717) is 0 Å². The van der Waals surface area contributed by atoms with Gasteiger partial charge in [-0.05, 0) is 130 Å². The van der Waals surface area contributed by atoms with Crippen LogP contribution in [0, 0.1) is 13.8 Å². The third kappa shape index (κ3) is 6.82. The van der Waals surface area contributed by atoms with E-state index in [1.54, 1.807) is 0 Å². The van der Waals surface area contributed by atoms with E-state index in [1.165, 1.54) is 11.1 Å². The second-order valence-electron chi connectivity index (χ2n) is 21.5. The lowest BCUT2D eigenvalue weighted by molar-refractivity contribution is 0.572. The summed E-state index contributed by atoms with van der Waals surface area (Å²) in [5.41, 5.74) is 16.1. The molecule has 13 aromatic rings. The van der Waals surface area contributed by atoms with Gasteiger partial charge < -0.3 is 23.1 Å². The molecule has 13 rings (SSSR count). The molecule has 0 aliphatic rings. The van der Waals surface area contributed by atoms with E-state index in [1.807, 2.05) is 0 Å². The topological polar surface area (TPSA) is 45.9 Å². The minimum absolute atomic E-state index is 0.0791. The van der Waals surface area contributed by atoms with Gasteiger partial charge in [0.25, 0.3) is 0 Å². The lowest BCUT2D eigenvalue weighted by atomic mass is 9.86. The molecule has 0 fully saturated rings. The molecule has 0 saturated heterocycles. The highest BCUT2D eigenvalue weighted by molar-refractivity contribution is 6.16. The zero-order chi connectivity index (χ0) is 48.5. The maximum absolute atomic E-state index is 7.01. The SMILES string of the molecule is Cc1ccc2c(oc3c(C(C)(C)C)cccc32)c1N(c1ccccc1)c1ccc2cc3c(cc2c1)oc1cc2cc(N(c4ccccc4)c4c(C)ccc5c4oc4c(C(C)(C)C)cccc45)ccc2cc13. The number of fused-ring (bicyclic) bond motifs is 11. The van der Waals surface area contributed by atoms with E-state index in [0.717, 1.165) is 133 Å². The standard InChI is InChI=1S/C66H54N2O3/c1-39-25-31-51-49-21-15-23-55(65(3,4)5)61(49)70-63(51)59(39)67(45-17-11-9-12-18-45)47-29-27-41-35-53-54-36-42-28-30-48(34-44(42)38-58(54)69-57(53)37-43(41)33-47)68(46-19-13-10-14-20-46)60-40(2)26-32-52-50-22-16-24-56(66(6,7)8)62(50)71-64(52)60/h9-38H,1-8H3. The molecule has 0 radical (unpaired) electrons. The molecule has 0 aliphatic carbocycles. The summed E-state index contributed by atoms with van der Waals surface area (Å²) < 4.78 is 20.9. The number of benzene rings is 10. The fourth-order valence-corrected chi connectivity index (χ4v) is 11.1. The Hall–Kier alpha value is -8.28. The number of hydrogen-bond donors (Lipinski definition) is 0. The molecule has 0 spiro atoms. The zero-order valence-electron chi connectivity index (χ0n) is 41.4. The van der Waals surface area contributed by atoms with Crippen LogP contribution in [0.5, 0.6) is 0 Å². The van der Waals surface area contributed by atoms with Gasteiger partial charge in [-0.1, -0.05) is 151 Å². The number of nitrogens with zero attached hydrogens (tertiary/aromatic N) is 2. The van der Waals surface area contributed by atoms with Gasteiger partial charge in [0, 0.05) is 66.2 Å². The van der Waals surface area contributed by atoms with Crippen molar-refractivity contribution < 1.29 is 13.3 Å². The van der Waals surface area contributed by atoms with Crippen molar-refractivity contribution in [3.63, 3.8) is 0 Å². The quantitative estimate of drug-likeness (QED) is 0.166. The molecule has 0 saturated carbocycles. The number of furan rings is 3. The van der Waals surface area contributed by atoms with Gasteiger partial charge in [0.05, 0.1) is 11.4 Å². The van der Waals surface area contributed by atoms with Crippen LogP contribution in [0.15, 0.2) is 195 Å². The van der Waals surface area contributed by atoms with Crippen molar-refractivity contribution in [1.82, 2.24) is 0 Å². The fourth-order valence-electron chi connectivity index (χ4n) is 11.1. The van der Waals surface area contributed by atoms with Crippen LogP contribution >= 0.6 is 0 Å². The van der Waals surface area contributed by atoms with Crippen LogP contribution in [0.3, 0.4) is 0 Å². The number of hydrogen-bond acceptors (Lipinski definition) is 5. The molecule has 10 aromatic carbocycles. The lowest BCUT2D eigenvalue weighted by Crippen LogP contribution is -2.11. The second-order valence-corrected chi connectivity index (χ2v) is 21.5. The summed E-state index contributed by atoms with van der Waals surface area (Å²) in [7, 11) is 0. The van der Waals surface area contributed by atoms with Gasteiger partial charge in [0.1, 0.15) is 22.3 Å². The van der Waals surface area contributed by atoms with Gasteiger partial charge in [-0.3, -0.25) is 0 Å². The molecule has 71 heavy (non-hydrogen) atoms. The molecule has 3 aromatic heterocycles. The largest absolute Gasteiger partial charge is 0.456 e. The first-order valence-electron chi connectivity index (χ1n) is 24.7. The Bertz CT molecular complexity index is 4000. The van der Waals surface area contributed by atoms with Gasteiger partial charge in [0.15, 0.2) is 11.2 Å². The molecule has 0 unspecified atom stereocenters. The van der Waals surface area contributed by atoms with Gasteiger partial charge in [0.2, 0.25) is 0 Å². The Morgan fingerprint density at radius 2 is 0.718 bits per heavy atom. The van der Waals surface area contributed by atoms with Crippen LogP contribution in [0.2, 0.25) is 0 Å². The highest BCUT2D eigenvalue weighted by Gasteiger charge is 2.28. The predicted molar refractivity (Wildman–Crippen MR) is 300 cm³/mol. The molecular weight excluding hydrogens is 869 g/mol. The monoisotopic (exact) mass is 922 g/mol. The van der Waals surface area contributed by atoms with Crippen LogP contribution in [-0.2, 0) is 10.8 Å². The average Bonchev–Trinajstić information content (AvgIpc) is 4.04. The Kier molecular flexibility index (Phi) is 9.41. The van der Waals surface area contributed by atoms with Crippen molar-refractivity contribution in [3.8, 4) is 0 Å². The maximum atomic E-state index is 7.01. The Balaban J connectivity index is 0.946. The van der Waals surface area contributed by atoms with Crippen molar-refractivity contribution in [2.45, 2.75) is 66.2 Å². The molecule has 0 aliphatic heterocycles. The summed E-state index contributed by atoms with van der Waals surface area (Å²) in [4.78, 5) is 4.70. The van der Waals surface area contributed by atoms with Crippen molar-refractivity contribution in [3.05, 3.63) is 204 Å². The summed E-state index contributed by atoms with van der Waals surface area (Å²) in [6, 6.07) is 65.7. The van der Waals surface area contributed by atoms with Crippen LogP contribution in [0.25, 0.3) is 87.4 Å². The minimum Gasteiger partial charge on any atom is -0.456 e. The molecule has 0 N–H and O–H groups in total. The number of para-hydroxylation sites is 4. The van der Waals surface area contributed by atoms with Gasteiger partial charge in [-0.2, -0.15) is 0 Å². The van der Waals surface area contributed by atoms with Gasteiger partial charge in [-0.15, -0.1) is 0 Å². The second kappa shape index (κ2) is 15.6. The van der Waals surface area contributed by atoms with E-state index in [9.17, 15) is 0 Å². The first-order valence-corrected chi connectivity index (χ1v) is 24.7. The van der Waals surface area contributed by atoms with Crippen molar-refractivity contribution in [2.75, 3.05) is 9.80 Å². The van der Waals surface area contributed by atoms with Crippen LogP contribution in [-0.4, -0.2) is 0 Å². The fraction of sp³-hybridized carbons (Fsp3) is 0.152. The summed E-state index contributed by atoms with van der Waals surface area (Å²) >= 11 is 0. The van der Waals surface area contributed by atoms with Gasteiger partial charge in [-0.25, -0.2) is 0 Å². The molecule has 346 valence electrons. The normalized spacial score (nSPS) is 12.5. The highest BCUT2D eigenvalue weighted by atomic mass is 16.3. The number of rotatable bonds is 6. The predicted octanol–water partition coefficient (Wildman–Crippen LogP) is 19.8. The summed E-state index contributed by atoms with van der Waals surface area (Å²) in [6.45, 7) is 17.8. The summed E-state index contributed by atoms with van der Waals surface area (Å²) in [5, 5.41) is 11.1. The molecule has 5 heteroatoms. The third-order valence-electron chi connectivity index (χ3n) is 14.6. The molecular formula is C66H54N2O3. The first-order chi connectivity index (χ1) is 34.3. The third-order valence-corrected chi connectivity index (χ3v) is 14.6. The first kappa shape index (κ1) is 42.8. The molecule has 0 atom stereocenters. The van der Waals surface area contributed by atoms with Crippen molar-refractivity contribution in [2.24, 2.45) is 0 Å². The summed E-state index contributed by atoms with van der Waals surface area (Å²) in [5.74, 6) is 0. The minimum atomic E-state index is -0.0791. The summed E-state index contributed by atoms with van der Waals surface area (Å²) in [6.07, 6.45) is 0. The Labute approximate surface area is 413 Å². The van der Waals surface area contributed by atoms with Crippen LogP contribution in [0.1, 0.15) is 63.8 Å².